The van der Waals surface area contributed by atoms with Crippen LogP contribution >= 0.6 is 0 Å². The van der Waals surface area contributed by atoms with Crippen molar-refractivity contribution < 1.29 is 14.9 Å². The van der Waals surface area contributed by atoms with E-state index in [4.69, 9.17) is 9.84 Å². The summed E-state index contributed by atoms with van der Waals surface area (Å²) in [6.45, 7) is 4.76. The van der Waals surface area contributed by atoms with Crippen molar-refractivity contribution in [3.63, 3.8) is 0 Å². The Balaban J connectivity index is 2.24. The van der Waals surface area contributed by atoms with Gasteiger partial charge < -0.3 is 20.3 Å². The van der Waals surface area contributed by atoms with Crippen molar-refractivity contribution in [1.29, 1.82) is 0 Å². The number of aliphatic hydroxyl groups is 2. The Labute approximate surface area is 109 Å². The second kappa shape index (κ2) is 8.08. The summed E-state index contributed by atoms with van der Waals surface area (Å²) >= 11 is 0. The molecule has 0 aliphatic heterocycles. The summed E-state index contributed by atoms with van der Waals surface area (Å²) in [7, 11) is 0. The maximum atomic E-state index is 9.74. The van der Waals surface area contributed by atoms with E-state index in [0.29, 0.717) is 6.54 Å². The Morgan fingerprint density at radius 1 is 1.28 bits per heavy atom. The van der Waals surface area contributed by atoms with E-state index in [1.807, 2.05) is 38.1 Å². The number of aliphatic hydroxyl groups excluding tert-OH is 2. The Hall–Kier alpha value is -1.10. The summed E-state index contributed by atoms with van der Waals surface area (Å²) in [6.07, 6.45) is 0.258. The minimum atomic E-state index is -0.577. The van der Waals surface area contributed by atoms with Crippen molar-refractivity contribution >= 4 is 0 Å². The van der Waals surface area contributed by atoms with Crippen molar-refractivity contribution in [3.8, 4) is 5.75 Å². The number of hydrogen-bond acceptors (Lipinski definition) is 4. The maximum Gasteiger partial charge on any atom is 0.119 e. The molecule has 1 rings (SSSR count). The number of hydrogen-bond donors (Lipinski definition) is 3. The molecule has 1 aromatic carbocycles. The van der Waals surface area contributed by atoms with Crippen molar-refractivity contribution in [1.82, 2.24) is 5.32 Å². The van der Waals surface area contributed by atoms with Crippen LogP contribution in [0.4, 0.5) is 0 Å². The molecule has 0 spiro atoms. The fourth-order valence-electron chi connectivity index (χ4n) is 1.53. The second-order valence-electron chi connectivity index (χ2n) is 4.47. The first kappa shape index (κ1) is 15.0. The van der Waals surface area contributed by atoms with Crippen LogP contribution in [0.1, 0.15) is 18.9 Å². The van der Waals surface area contributed by atoms with E-state index >= 15 is 0 Å². The molecule has 3 N–H and O–H groups in total. The molecule has 4 nitrogen and oxygen atoms in total. The van der Waals surface area contributed by atoms with Gasteiger partial charge >= 0.3 is 0 Å². The van der Waals surface area contributed by atoms with E-state index in [9.17, 15) is 5.11 Å². The topological polar surface area (TPSA) is 61.7 Å². The quantitative estimate of drug-likeness (QED) is 0.649. The third-order valence-electron chi connectivity index (χ3n) is 2.82. The molecule has 0 heterocycles. The van der Waals surface area contributed by atoms with E-state index in [1.165, 1.54) is 5.56 Å². The molecule has 0 unspecified atom stereocenters. The van der Waals surface area contributed by atoms with Gasteiger partial charge in [0.1, 0.15) is 18.5 Å². The first-order chi connectivity index (χ1) is 8.65. The largest absolute Gasteiger partial charge is 0.491 e. The zero-order chi connectivity index (χ0) is 13.4. The molecule has 102 valence electrons. The summed E-state index contributed by atoms with van der Waals surface area (Å²) in [6, 6.07) is 7.76. The smallest absolute Gasteiger partial charge is 0.119 e. The molecule has 0 aliphatic carbocycles. The monoisotopic (exact) mass is 253 g/mol. The van der Waals surface area contributed by atoms with Crippen LogP contribution in [-0.2, 0) is 0 Å². The van der Waals surface area contributed by atoms with Crippen LogP contribution in [0.25, 0.3) is 0 Å². The van der Waals surface area contributed by atoms with Gasteiger partial charge in [-0.15, -0.1) is 0 Å². The standard InChI is InChI=1S/C14H23NO3/c1-3-12(9-16)15-8-13(17)10-18-14-6-4-11(2)5-7-14/h4-7,12-13,15-17H,3,8-10H2,1-2H3/t12-,13+/m0/s1. The Kier molecular flexibility index (Phi) is 6.72. The summed E-state index contributed by atoms with van der Waals surface area (Å²) in [5.41, 5.74) is 1.18. The van der Waals surface area contributed by atoms with Gasteiger partial charge in [-0.05, 0) is 25.5 Å². The molecule has 0 bridgehead atoms. The first-order valence-corrected chi connectivity index (χ1v) is 6.37. The summed E-state index contributed by atoms with van der Waals surface area (Å²) in [5, 5.41) is 21.8. The minimum absolute atomic E-state index is 0.0408. The van der Waals surface area contributed by atoms with Crippen molar-refractivity contribution in [2.45, 2.75) is 32.4 Å². The number of ether oxygens (including phenoxy) is 1. The molecule has 0 aliphatic rings. The predicted octanol–water partition coefficient (Wildman–Crippen LogP) is 1.10. The molecular weight excluding hydrogens is 230 g/mol. The summed E-state index contributed by atoms with van der Waals surface area (Å²) in [5.74, 6) is 0.758. The van der Waals surface area contributed by atoms with Gasteiger partial charge in [-0.2, -0.15) is 0 Å². The molecule has 0 saturated carbocycles. The van der Waals surface area contributed by atoms with Crippen molar-refractivity contribution in [3.05, 3.63) is 29.8 Å². The average molecular weight is 253 g/mol. The first-order valence-electron chi connectivity index (χ1n) is 6.37. The molecule has 2 atom stereocenters. The van der Waals surface area contributed by atoms with Crippen molar-refractivity contribution in [2.24, 2.45) is 0 Å². The molecule has 0 amide bonds. The highest BCUT2D eigenvalue weighted by Crippen LogP contribution is 2.11. The molecule has 0 radical (unpaired) electrons. The van der Waals surface area contributed by atoms with Crippen LogP contribution in [0.5, 0.6) is 5.75 Å². The van der Waals surface area contributed by atoms with Gasteiger partial charge in [-0.25, -0.2) is 0 Å². The van der Waals surface area contributed by atoms with E-state index in [1.54, 1.807) is 0 Å². The van der Waals surface area contributed by atoms with Crippen LogP contribution in [0, 0.1) is 6.92 Å². The zero-order valence-corrected chi connectivity index (χ0v) is 11.1. The molecule has 0 saturated heterocycles. The van der Waals surface area contributed by atoms with Gasteiger partial charge in [0.25, 0.3) is 0 Å². The Morgan fingerprint density at radius 2 is 1.94 bits per heavy atom. The maximum absolute atomic E-state index is 9.74. The van der Waals surface area contributed by atoms with E-state index in [0.717, 1.165) is 12.2 Å². The van der Waals surface area contributed by atoms with Crippen LogP contribution < -0.4 is 10.1 Å². The zero-order valence-electron chi connectivity index (χ0n) is 11.1. The lowest BCUT2D eigenvalue weighted by Crippen LogP contribution is -2.39. The van der Waals surface area contributed by atoms with Gasteiger partial charge in [0.15, 0.2) is 0 Å². The third-order valence-corrected chi connectivity index (χ3v) is 2.82. The average Bonchev–Trinajstić information content (AvgIpc) is 2.39. The van der Waals surface area contributed by atoms with Gasteiger partial charge in [0.2, 0.25) is 0 Å². The summed E-state index contributed by atoms with van der Waals surface area (Å²) < 4.78 is 5.47. The predicted molar refractivity (Wildman–Crippen MR) is 71.8 cm³/mol. The van der Waals surface area contributed by atoms with Gasteiger partial charge in [-0.3, -0.25) is 0 Å². The molecular formula is C14H23NO3. The number of nitrogens with one attached hydrogen (secondary N) is 1. The SMILES string of the molecule is CC[C@@H](CO)NC[C@@H](O)COc1ccc(C)cc1. The van der Waals surface area contributed by atoms with Gasteiger partial charge in [0.05, 0.1) is 6.61 Å². The van der Waals surface area contributed by atoms with Gasteiger partial charge in [-0.1, -0.05) is 24.6 Å². The highest BCUT2D eigenvalue weighted by atomic mass is 16.5. The highest BCUT2D eigenvalue weighted by Gasteiger charge is 2.09. The molecule has 18 heavy (non-hydrogen) atoms. The summed E-state index contributed by atoms with van der Waals surface area (Å²) in [4.78, 5) is 0. The van der Waals surface area contributed by atoms with Crippen molar-refractivity contribution in [2.75, 3.05) is 19.8 Å². The number of benzene rings is 1. The lowest BCUT2D eigenvalue weighted by Gasteiger charge is -2.17. The van der Waals surface area contributed by atoms with Gasteiger partial charge in [0, 0.05) is 12.6 Å². The lowest BCUT2D eigenvalue weighted by molar-refractivity contribution is 0.0995. The van der Waals surface area contributed by atoms with E-state index in [-0.39, 0.29) is 19.3 Å². The fourth-order valence-corrected chi connectivity index (χ4v) is 1.53. The van der Waals surface area contributed by atoms with Crippen LogP contribution in [0.15, 0.2) is 24.3 Å². The second-order valence-corrected chi connectivity index (χ2v) is 4.47. The number of aryl methyl sites for hydroxylation is 1. The highest BCUT2D eigenvalue weighted by molar-refractivity contribution is 5.26. The minimum Gasteiger partial charge on any atom is -0.491 e. The van der Waals surface area contributed by atoms with Crippen LogP contribution in [0.2, 0.25) is 0 Å². The lowest BCUT2D eigenvalue weighted by atomic mass is 10.2. The van der Waals surface area contributed by atoms with E-state index in [2.05, 4.69) is 5.32 Å². The Morgan fingerprint density at radius 3 is 2.50 bits per heavy atom. The molecule has 1 aromatic rings. The normalized spacial score (nSPS) is 14.2. The molecule has 0 aromatic heterocycles. The third kappa shape index (κ3) is 5.49. The molecule has 0 fully saturated rings. The number of rotatable bonds is 8. The Bertz CT molecular complexity index is 322. The molecule has 4 heteroatoms. The fraction of sp³-hybridized carbons (Fsp3) is 0.571. The van der Waals surface area contributed by atoms with Crippen LogP contribution in [-0.4, -0.2) is 42.1 Å². The van der Waals surface area contributed by atoms with E-state index < -0.39 is 6.10 Å². The van der Waals surface area contributed by atoms with Crippen LogP contribution in [0.3, 0.4) is 0 Å².